The molecule has 0 saturated heterocycles. The van der Waals surface area contributed by atoms with Crippen LogP contribution in [0, 0.1) is 70.9 Å². The van der Waals surface area contributed by atoms with Crippen LogP contribution in [0.1, 0.15) is 196 Å². The molecule has 8 bridgehead atoms. The summed E-state index contributed by atoms with van der Waals surface area (Å²) in [6.07, 6.45) is 7.09. The van der Waals surface area contributed by atoms with E-state index in [1.54, 1.807) is 79.9 Å². The number of alkyl halides is 1. The van der Waals surface area contributed by atoms with Crippen molar-refractivity contribution in [3.05, 3.63) is 270 Å². The number of ether oxygens (including phenoxy) is 3. The van der Waals surface area contributed by atoms with E-state index in [2.05, 4.69) is 83.7 Å². The van der Waals surface area contributed by atoms with Gasteiger partial charge in [-0.25, -0.2) is 67.3 Å². The molecule has 4 aromatic heterocycles. The number of phenolic OH excluding ortho intramolecular Hbond substituents is 3. The summed E-state index contributed by atoms with van der Waals surface area (Å²) >= 11 is 3.21. The lowest BCUT2D eigenvalue weighted by Gasteiger charge is -2.25. The largest absolute Gasteiger partial charge is 0.507 e. The van der Waals surface area contributed by atoms with Crippen LogP contribution in [0.3, 0.4) is 0 Å². The van der Waals surface area contributed by atoms with Crippen molar-refractivity contribution in [2.45, 2.75) is 139 Å². The highest BCUT2D eigenvalue weighted by Crippen LogP contribution is 2.46. The molecule has 0 fully saturated rings. The molecule has 0 radical (unpaired) electrons. The van der Waals surface area contributed by atoms with Crippen LogP contribution in [-0.4, -0.2) is 116 Å². The second-order valence-electron chi connectivity index (χ2n) is 29.8. The van der Waals surface area contributed by atoms with Gasteiger partial charge in [0.1, 0.15) is 80.9 Å². The molecule has 0 saturated carbocycles. The number of carbonyl (C=O) groups excluding carboxylic acids is 6. The molecule has 34 heteroatoms. The Morgan fingerprint density at radius 3 is 1.39 bits per heavy atom. The van der Waals surface area contributed by atoms with Crippen molar-refractivity contribution in [2.24, 2.45) is 0 Å². The number of anilines is 2. The molecule has 8 heterocycles. The van der Waals surface area contributed by atoms with E-state index < -0.39 is 122 Å². The summed E-state index contributed by atoms with van der Waals surface area (Å²) in [4.78, 5) is 78.4. The van der Waals surface area contributed by atoms with Gasteiger partial charge in [0.15, 0.2) is 92.6 Å². The minimum Gasteiger partial charge on any atom is -0.507 e. The number of aryl methyl sites for hydroxylation is 1. The molecule has 0 aliphatic carbocycles. The molecule has 4 aliphatic heterocycles. The fraction of sp³-hybridized carbons (Fsp3) is 0.287. The molecule has 2 amide bonds. The molecule has 10 aromatic rings. The second kappa shape index (κ2) is 39.0. The molecule has 14 rings (SSSR count). The average molecular weight is 1750 g/mol. The zero-order chi connectivity index (χ0) is 90.0. The number of fused-ring (bicyclic) bond motifs is 4. The van der Waals surface area contributed by atoms with Crippen LogP contribution in [0.2, 0.25) is 0 Å². The standard InChI is InChI=1S/2C19H17F2N5O2.C13H15FO2.2C12H12F2O2.C8H6F2O2.C4H7Br/c2*1-9-14-15(21)12(20)5-10-6-19(2,28-16(10)14)8-22-18(27)11-7-23-26-4-3-13(24-9)25-17(11)26;1-8(2)7-16-13-6-12(14)9(3)5-11(13)10(4)15;1-6(2)4-9-11(14)10(13)5-8(7(3)15)12(9)16;1-6(2)4-8-5-9(13)11(14)10(7(3)15)12(8)16;1-4(11)5-2-6(9)7(10)3-8(5)12;1-4(2)3-5/h2*3-5,7,9H,6,8H2,1-2H3,(H,22,27)(H,24,25);5-6H,1,7H2,2-4H3;2*5,16H,1,4H2,2-3H3;2-3,12H,1H3;1,3H2,2H3/t9-,19+;9-,19-;;;;;/m11...../s1. The number of carbonyl (C=O) groups is 6. The van der Waals surface area contributed by atoms with Gasteiger partial charge in [0.05, 0.1) is 70.9 Å². The lowest BCUT2D eigenvalue weighted by molar-refractivity contribution is 0.0835. The lowest BCUT2D eigenvalue weighted by Crippen LogP contribution is -2.44. The Labute approximate surface area is 696 Å². The molecule has 4 atom stereocenters. The number of allylic oxidation sites excluding steroid dienone is 3. The first-order valence-corrected chi connectivity index (χ1v) is 38.1. The Morgan fingerprint density at radius 1 is 0.537 bits per heavy atom. The van der Waals surface area contributed by atoms with Crippen molar-refractivity contribution in [1.29, 1.82) is 0 Å². The molecular weight excluding hydrogens is 1670 g/mol. The van der Waals surface area contributed by atoms with Gasteiger partial charge in [0.2, 0.25) is 0 Å². The van der Waals surface area contributed by atoms with Crippen molar-refractivity contribution < 1.29 is 107 Å². The molecule has 4 aliphatic rings. The quantitative estimate of drug-likeness (QED) is 0.0259. The van der Waals surface area contributed by atoms with Gasteiger partial charge in [0, 0.05) is 65.0 Å². The Hall–Kier alpha value is -12.8. The topological polar surface area (TPSA) is 299 Å². The van der Waals surface area contributed by atoms with Gasteiger partial charge in [-0.2, -0.15) is 10.2 Å². The highest BCUT2D eigenvalue weighted by molar-refractivity contribution is 9.09. The van der Waals surface area contributed by atoms with Crippen molar-refractivity contribution >= 4 is 73.8 Å². The van der Waals surface area contributed by atoms with Crippen molar-refractivity contribution in [1.82, 2.24) is 39.8 Å². The van der Waals surface area contributed by atoms with E-state index in [0.717, 1.165) is 30.8 Å². The summed E-state index contributed by atoms with van der Waals surface area (Å²) in [5.41, 5.74) is 4.10. The Morgan fingerprint density at radius 2 is 0.967 bits per heavy atom. The van der Waals surface area contributed by atoms with E-state index in [1.165, 1.54) is 65.1 Å². The summed E-state index contributed by atoms with van der Waals surface area (Å²) < 4.78 is 170. The first-order chi connectivity index (χ1) is 56.6. The van der Waals surface area contributed by atoms with E-state index in [0.29, 0.717) is 110 Å². The SMILES string of the molecule is C=C(C)CBr.C=C(C)COc1cc(F)c(C)cc1C(C)=O.C=C(C)Cc1c(O)c(C(C)=O)cc(F)c1F.C=C(C)Cc1cc(F)c(F)c(C(C)=O)c1O.CC(=O)c1cc(F)c(F)cc1O.C[C@H]1Nc2ccn3ncc(c3n2)C(=O)NC[C@@]2(C)Cc3cc(F)c(F)c1c3O2.C[C@H]1Nc2ccn3ncc(c3n2)C(=O)NC[C@]2(C)Cc3cc(F)c(F)c1c3O2. The predicted octanol–water partition coefficient (Wildman–Crippen LogP) is 18.3. The van der Waals surface area contributed by atoms with Crippen molar-refractivity contribution in [3.63, 3.8) is 0 Å². The highest BCUT2D eigenvalue weighted by atomic mass is 79.9. The summed E-state index contributed by atoms with van der Waals surface area (Å²) in [5, 5.41) is 49.3. The van der Waals surface area contributed by atoms with Crippen molar-refractivity contribution in [2.75, 3.05) is 35.7 Å². The third kappa shape index (κ3) is 22.4. The zero-order valence-electron chi connectivity index (χ0n) is 68.0. The first kappa shape index (κ1) is 93.7. The second-order valence-corrected chi connectivity index (χ2v) is 30.4. The maximum atomic E-state index is 14.7. The van der Waals surface area contributed by atoms with Crippen LogP contribution in [-0.2, 0) is 25.7 Å². The number of benzene rings is 6. The number of amides is 2. The number of Topliss-reactive ketones (excluding diaryl/α,β-unsaturated/α-hetero) is 4. The fourth-order valence-electron chi connectivity index (χ4n) is 12.7. The van der Waals surface area contributed by atoms with Crippen LogP contribution in [0.15, 0.2) is 134 Å². The van der Waals surface area contributed by atoms with E-state index >= 15 is 0 Å². The van der Waals surface area contributed by atoms with Gasteiger partial charge < -0.3 is 50.8 Å². The Kier molecular flexibility index (Phi) is 30.2. The summed E-state index contributed by atoms with van der Waals surface area (Å²) in [7, 11) is 0. The number of hydrogen-bond donors (Lipinski definition) is 7. The number of aromatic nitrogens is 6. The number of phenols is 3. The van der Waals surface area contributed by atoms with Gasteiger partial charge in [-0.3, -0.25) is 28.8 Å². The first-order valence-electron chi connectivity index (χ1n) is 36.9. The third-order valence-electron chi connectivity index (χ3n) is 18.5. The van der Waals surface area contributed by atoms with Crippen molar-refractivity contribution in [3.8, 4) is 34.5 Å². The average Bonchev–Trinajstić information content (AvgIpc) is 1.61. The summed E-state index contributed by atoms with van der Waals surface area (Å²) in [6.45, 7) is 35.7. The molecule has 640 valence electrons. The normalized spacial score (nSPS) is 16.2. The van der Waals surface area contributed by atoms with Gasteiger partial charge in [0.25, 0.3) is 11.8 Å². The molecule has 0 spiro atoms. The molecule has 0 unspecified atom stereocenters. The number of rotatable bonds is 12. The van der Waals surface area contributed by atoms with Gasteiger partial charge in [-0.15, -0.1) is 0 Å². The number of ketones is 4. The number of halogens is 12. The van der Waals surface area contributed by atoms with Crippen LogP contribution >= 0.6 is 15.9 Å². The molecular formula is C87H86BrF11N10O12. The molecule has 6 aromatic carbocycles. The predicted molar refractivity (Wildman–Crippen MR) is 434 cm³/mol. The minimum absolute atomic E-state index is 0.00426. The van der Waals surface area contributed by atoms with Gasteiger partial charge in [-0.1, -0.05) is 59.0 Å². The number of aromatic hydroxyl groups is 3. The zero-order valence-corrected chi connectivity index (χ0v) is 69.5. The maximum Gasteiger partial charge on any atom is 0.256 e. The summed E-state index contributed by atoms with van der Waals surface area (Å²) in [5.74, 6) is -13.5. The van der Waals surface area contributed by atoms with Gasteiger partial charge >= 0.3 is 0 Å². The van der Waals surface area contributed by atoms with Crippen LogP contribution in [0.25, 0.3) is 11.3 Å². The van der Waals surface area contributed by atoms with Gasteiger partial charge in [-0.05, 0) is 163 Å². The van der Waals surface area contributed by atoms with Crippen LogP contribution in [0.5, 0.6) is 34.5 Å². The van der Waals surface area contributed by atoms with E-state index in [9.17, 15) is 87.3 Å². The number of hydrogen-bond acceptors (Lipinski definition) is 18. The minimum atomic E-state index is -1.31. The smallest absolute Gasteiger partial charge is 0.256 e. The molecule has 121 heavy (non-hydrogen) atoms. The maximum absolute atomic E-state index is 14.7. The van der Waals surface area contributed by atoms with E-state index in [4.69, 9.17) is 19.3 Å². The third-order valence-corrected chi connectivity index (χ3v) is 19.4. The lowest BCUT2D eigenvalue weighted by atomic mass is 9.96. The van der Waals surface area contributed by atoms with E-state index in [-0.39, 0.29) is 95.1 Å². The monoisotopic (exact) mass is 1750 g/mol. The van der Waals surface area contributed by atoms with Crippen LogP contribution in [0.4, 0.5) is 59.9 Å². The molecule has 7 N–H and O–H groups in total. The Balaban J connectivity index is 0.000000183. The highest BCUT2D eigenvalue weighted by Gasteiger charge is 2.42. The summed E-state index contributed by atoms with van der Waals surface area (Å²) in [6, 6.07) is 10.00. The molecule has 22 nitrogen and oxygen atoms in total. The number of nitrogens with one attached hydrogen (secondary N) is 4. The number of nitrogens with zero attached hydrogens (tertiary/aromatic N) is 6. The Bertz CT molecular complexity index is 5660. The van der Waals surface area contributed by atoms with Crippen LogP contribution < -0.4 is 35.5 Å². The fourth-order valence-corrected chi connectivity index (χ4v) is 12.7. The van der Waals surface area contributed by atoms with E-state index in [1.807, 2.05) is 6.92 Å².